The van der Waals surface area contributed by atoms with Crippen LogP contribution in [0.3, 0.4) is 0 Å². The third kappa shape index (κ3) is 3.27. The number of nitrogens with zero attached hydrogens (tertiary/aromatic N) is 2. The number of fused-ring (bicyclic) bond motifs is 2. The molecule has 1 unspecified atom stereocenters. The molecule has 6 nitrogen and oxygen atoms in total. The van der Waals surface area contributed by atoms with Crippen LogP contribution in [-0.2, 0) is 0 Å². The van der Waals surface area contributed by atoms with E-state index >= 15 is 0 Å². The molecule has 160 valence electrons. The molecule has 0 bridgehead atoms. The summed E-state index contributed by atoms with van der Waals surface area (Å²) in [5.74, 6) is -0.589. The molecule has 0 spiro atoms. The number of hydrogen-bond donors (Lipinski definition) is 0. The first kappa shape index (κ1) is 21.2. The van der Waals surface area contributed by atoms with Crippen LogP contribution in [0.4, 0.5) is 5.13 Å². The summed E-state index contributed by atoms with van der Waals surface area (Å²) in [6.07, 6.45) is 0. The highest BCUT2D eigenvalue weighted by atomic mass is 79.9. The van der Waals surface area contributed by atoms with E-state index < -0.39 is 11.9 Å². The number of aromatic nitrogens is 1. The molecule has 0 fully saturated rings. The van der Waals surface area contributed by atoms with Gasteiger partial charge in [-0.05, 0) is 42.8 Å². The second-order valence-corrected chi connectivity index (χ2v) is 10.2. The fourth-order valence-corrected chi connectivity index (χ4v) is 5.53. The topological polar surface area (TPSA) is 80.5 Å². The number of thiazole rings is 1. The molecule has 0 aliphatic carbocycles. The number of rotatable bonds is 3. The summed E-state index contributed by atoms with van der Waals surface area (Å²) < 4.78 is 7.56. The zero-order valence-corrected chi connectivity index (χ0v) is 20.8. The lowest BCUT2D eigenvalue weighted by Gasteiger charge is -2.22. The molecule has 3 heterocycles. The number of halogens is 2. The monoisotopic (exact) mass is 572 g/mol. The van der Waals surface area contributed by atoms with Gasteiger partial charge < -0.3 is 4.42 Å². The van der Waals surface area contributed by atoms with Crippen molar-refractivity contribution in [3.8, 4) is 0 Å². The van der Waals surface area contributed by atoms with Crippen molar-refractivity contribution in [2.45, 2.75) is 19.9 Å². The first-order valence-electron chi connectivity index (χ1n) is 9.60. The van der Waals surface area contributed by atoms with Gasteiger partial charge in [-0.2, -0.15) is 0 Å². The summed E-state index contributed by atoms with van der Waals surface area (Å²) in [4.78, 5) is 45.6. The minimum Gasteiger partial charge on any atom is -0.450 e. The number of aryl methyl sites for hydroxylation is 1. The zero-order chi connectivity index (χ0) is 22.7. The number of anilines is 1. The van der Waals surface area contributed by atoms with E-state index in [1.807, 2.05) is 24.3 Å². The van der Waals surface area contributed by atoms with E-state index in [-0.39, 0.29) is 22.5 Å². The largest absolute Gasteiger partial charge is 0.450 e. The van der Waals surface area contributed by atoms with E-state index in [0.717, 1.165) is 25.8 Å². The molecule has 0 N–H and O–H groups in total. The molecule has 0 radical (unpaired) electrons. The molecule has 9 heteroatoms. The van der Waals surface area contributed by atoms with Gasteiger partial charge in [-0.1, -0.05) is 55.3 Å². The standard InChI is InChI=1S/C23H14Br2N2O4S/c1-10-21(11(2)28)32-23(26-10)27-18(12-3-5-13(24)6-4-12)17-19(29)15-9-14(25)7-8-16(15)31-20(17)22(27)30/h3-9,18H,1-2H3. The van der Waals surface area contributed by atoms with Crippen LogP contribution in [0.2, 0.25) is 0 Å². The maximum Gasteiger partial charge on any atom is 0.297 e. The molecule has 0 saturated heterocycles. The summed E-state index contributed by atoms with van der Waals surface area (Å²) in [6.45, 7) is 3.20. The third-order valence-electron chi connectivity index (χ3n) is 5.33. The molecular formula is C23H14Br2N2O4S. The Morgan fingerprint density at radius 2 is 1.78 bits per heavy atom. The summed E-state index contributed by atoms with van der Waals surface area (Å²) in [7, 11) is 0. The summed E-state index contributed by atoms with van der Waals surface area (Å²) in [5, 5.41) is 0.733. The van der Waals surface area contributed by atoms with Gasteiger partial charge in [-0.3, -0.25) is 19.3 Å². The fraction of sp³-hybridized carbons (Fsp3) is 0.130. The maximum atomic E-state index is 13.6. The van der Waals surface area contributed by atoms with Crippen LogP contribution < -0.4 is 10.3 Å². The molecular weight excluding hydrogens is 560 g/mol. The molecule has 0 saturated carbocycles. The van der Waals surface area contributed by atoms with Gasteiger partial charge >= 0.3 is 0 Å². The molecule has 1 amide bonds. The summed E-state index contributed by atoms with van der Waals surface area (Å²) in [6, 6.07) is 11.8. The van der Waals surface area contributed by atoms with Crippen LogP contribution in [0.1, 0.15) is 50.0 Å². The second kappa shape index (κ2) is 7.75. The Morgan fingerprint density at radius 3 is 2.44 bits per heavy atom. The zero-order valence-electron chi connectivity index (χ0n) is 16.8. The van der Waals surface area contributed by atoms with E-state index in [0.29, 0.717) is 26.7 Å². The van der Waals surface area contributed by atoms with Crippen molar-refractivity contribution in [3.63, 3.8) is 0 Å². The van der Waals surface area contributed by atoms with Gasteiger partial charge in [-0.25, -0.2) is 4.98 Å². The van der Waals surface area contributed by atoms with Crippen molar-refractivity contribution in [2.24, 2.45) is 0 Å². The summed E-state index contributed by atoms with van der Waals surface area (Å²) in [5.41, 5.74) is 1.61. The van der Waals surface area contributed by atoms with Crippen LogP contribution >= 0.6 is 43.2 Å². The Kier molecular flexibility index (Phi) is 5.15. The van der Waals surface area contributed by atoms with Gasteiger partial charge in [0.1, 0.15) is 5.58 Å². The van der Waals surface area contributed by atoms with Crippen LogP contribution in [-0.4, -0.2) is 16.7 Å². The van der Waals surface area contributed by atoms with Crippen LogP contribution in [0.5, 0.6) is 0 Å². The Hall–Kier alpha value is -2.62. The van der Waals surface area contributed by atoms with Gasteiger partial charge in [0.05, 0.1) is 27.6 Å². The van der Waals surface area contributed by atoms with E-state index in [4.69, 9.17) is 4.42 Å². The van der Waals surface area contributed by atoms with Crippen molar-refractivity contribution in [2.75, 3.05) is 4.90 Å². The van der Waals surface area contributed by atoms with Crippen molar-refractivity contribution in [1.29, 1.82) is 0 Å². The minimum atomic E-state index is -0.726. The number of ketones is 1. The lowest BCUT2D eigenvalue weighted by atomic mass is 9.99. The van der Waals surface area contributed by atoms with Crippen LogP contribution in [0.25, 0.3) is 11.0 Å². The van der Waals surface area contributed by atoms with Crippen molar-refractivity contribution < 1.29 is 14.0 Å². The Bertz CT molecular complexity index is 1490. The minimum absolute atomic E-state index is 0.00466. The van der Waals surface area contributed by atoms with Gasteiger partial charge in [-0.15, -0.1) is 0 Å². The predicted molar refractivity (Wildman–Crippen MR) is 130 cm³/mol. The van der Waals surface area contributed by atoms with Crippen molar-refractivity contribution in [3.05, 3.63) is 89.1 Å². The molecule has 1 atom stereocenters. The Morgan fingerprint density at radius 1 is 1.09 bits per heavy atom. The molecule has 1 aliphatic heterocycles. The average molecular weight is 574 g/mol. The van der Waals surface area contributed by atoms with Gasteiger partial charge in [0.25, 0.3) is 5.91 Å². The lowest BCUT2D eigenvalue weighted by molar-refractivity contribution is 0.0969. The second-order valence-electron chi connectivity index (χ2n) is 7.41. The van der Waals surface area contributed by atoms with Crippen LogP contribution in [0.15, 0.2) is 60.6 Å². The van der Waals surface area contributed by atoms with Gasteiger partial charge in [0.15, 0.2) is 16.3 Å². The number of hydrogen-bond acceptors (Lipinski definition) is 6. The van der Waals surface area contributed by atoms with E-state index in [9.17, 15) is 14.4 Å². The molecule has 4 aromatic rings. The number of benzene rings is 2. The highest BCUT2D eigenvalue weighted by Crippen LogP contribution is 2.43. The molecule has 2 aromatic carbocycles. The normalized spacial score (nSPS) is 15.4. The first-order chi connectivity index (χ1) is 15.3. The van der Waals surface area contributed by atoms with Crippen molar-refractivity contribution in [1.82, 2.24) is 4.98 Å². The van der Waals surface area contributed by atoms with Crippen LogP contribution in [0, 0.1) is 6.92 Å². The van der Waals surface area contributed by atoms with Gasteiger partial charge in [0, 0.05) is 15.9 Å². The van der Waals surface area contributed by atoms with E-state index in [1.165, 1.54) is 11.8 Å². The molecule has 5 rings (SSSR count). The smallest absolute Gasteiger partial charge is 0.297 e. The first-order valence-corrected chi connectivity index (χ1v) is 12.0. The Balaban J connectivity index is 1.81. The SMILES string of the molecule is CC(=O)c1sc(N2C(=O)c3oc4ccc(Br)cc4c(=O)c3C2c2ccc(Br)cc2)nc1C. The number of carbonyl (C=O) groups excluding carboxylic acids is 2. The van der Waals surface area contributed by atoms with Gasteiger partial charge in [0.2, 0.25) is 5.76 Å². The quantitative estimate of drug-likeness (QED) is 0.279. The Labute approximate surface area is 203 Å². The van der Waals surface area contributed by atoms with E-state index in [2.05, 4.69) is 36.8 Å². The average Bonchev–Trinajstić information content (AvgIpc) is 3.27. The predicted octanol–water partition coefficient (Wildman–Crippen LogP) is 6.04. The fourth-order valence-electron chi connectivity index (χ4n) is 3.91. The highest BCUT2D eigenvalue weighted by molar-refractivity contribution is 9.10. The third-order valence-corrected chi connectivity index (χ3v) is 7.61. The molecule has 2 aromatic heterocycles. The number of carbonyl (C=O) groups is 2. The maximum absolute atomic E-state index is 13.6. The number of amides is 1. The number of Topliss-reactive ketones (excluding diaryl/α,β-unsaturated/α-hetero) is 1. The molecule has 32 heavy (non-hydrogen) atoms. The summed E-state index contributed by atoms with van der Waals surface area (Å²) >= 11 is 7.96. The lowest BCUT2D eigenvalue weighted by Crippen LogP contribution is -2.29. The highest BCUT2D eigenvalue weighted by Gasteiger charge is 2.45. The van der Waals surface area contributed by atoms with Crippen molar-refractivity contribution >= 4 is 71.0 Å². The molecule has 1 aliphatic rings. The van der Waals surface area contributed by atoms with E-state index in [1.54, 1.807) is 25.1 Å².